The van der Waals surface area contributed by atoms with Gasteiger partial charge in [-0.2, -0.15) is 0 Å². The Morgan fingerprint density at radius 3 is 2.60 bits per heavy atom. The van der Waals surface area contributed by atoms with E-state index in [-0.39, 0.29) is 22.9 Å². The summed E-state index contributed by atoms with van der Waals surface area (Å²) in [4.78, 5) is 12.2. The number of rotatable bonds is 3. The number of carbonyl (C=O) groups excluding carboxylic acids is 1. The van der Waals surface area contributed by atoms with Gasteiger partial charge in [-0.1, -0.05) is 12.1 Å². The SMILES string of the molecule is C/C(=C\c1cccc(F)c1)C(=O)c1cc(O)ccc1O. The lowest BCUT2D eigenvalue weighted by molar-refractivity contribution is 0.103. The first-order valence-electron chi connectivity index (χ1n) is 5.98. The van der Waals surface area contributed by atoms with Gasteiger partial charge in [-0.3, -0.25) is 4.79 Å². The smallest absolute Gasteiger partial charge is 0.192 e. The van der Waals surface area contributed by atoms with E-state index in [0.29, 0.717) is 11.1 Å². The van der Waals surface area contributed by atoms with Crippen LogP contribution in [0, 0.1) is 5.82 Å². The molecule has 20 heavy (non-hydrogen) atoms. The summed E-state index contributed by atoms with van der Waals surface area (Å²) in [5, 5.41) is 19.0. The minimum Gasteiger partial charge on any atom is -0.508 e. The van der Waals surface area contributed by atoms with Crippen molar-refractivity contribution in [3.05, 3.63) is 65.0 Å². The zero-order valence-corrected chi connectivity index (χ0v) is 10.8. The third-order valence-corrected chi connectivity index (χ3v) is 2.81. The highest BCUT2D eigenvalue weighted by Gasteiger charge is 2.13. The first-order valence-corrected chi connectivity index (χ1v) is 5.98. The van der Waals surface area contributed by atoms with E-state index in [1.807, 2.05) is 0 Å². The van der Waals surface area contributed by atoms with Gasteiger partial charge in [0.25, 0.3) is 0 Å². The maximum Gasteiger partial charge on any atom is 0.192 e. The van der Waals surface area contributed by atoms with Crippen LogP contribution in [0.5, 0.6) is 11.5 Å². The Labute approximate surface area is 115 Å². The largest absolute Gasteiger partial charge is 0.508 e. The molecule has 0 bridgehead atoms. The second-order valence-corrected chi connectivity index (χ2v) is 4.41. The summed E-state index contributed by atoms with van der Waals surface area (Å²) in [6.07, 6.45) is 1.52. The average Bonchev–Trinajstić information content (AvgIpc) is 2.40. The Morgan fingerprint density at radius 1 is 1.15 bits per heavy atom. The number of phenols is 2. The zero-order valence-electron chi connectivity index (χ0n) is 10.8. The molecule has 0 heterocycles. The standard InChI is InChI=1S/C16H13FO3/c1-10(7-11-3-2-4-12(17)8-11)16(20)14-9-13(18)5-6-15(14)19/h2-9,18-19H,1H3/b10-7+. The van der Waals surface area contributed by atoms with Crippen LogP contribution in [0.15, 0.2) is 48.0 Å². The monoisotopic (exact) mass is 272 g/mol. The van der Waals surface area contributed by atoms with Gasteiger partial charge >= 0.3 is 0 Å². The molecular formula is C16H13FO3. The van der Waals surface area contributed by atoms with Crippen molar-refractivity contribution in [1.29, 1.82) is 0 Å². The average molecular weight is 272 g/mol. The molecule has 0 aromatic heterocycles. The van der Waals surface area contributed by atoms with Gasteiger partial charge in [0.2, 0.25) is 0 Å². The molecule has 2 rings (SSSR count). The number of phenolic OH excluding ortho intramolecular Hbond substituents is 2. The lowest BCUT2D eigenvalue weighted by atomic mass is 10.0. The summed E-state index contributed by atoms with van der Waals surface area (Å²) in [7, 11) is 0. The number of carbonyl (C=O) groups is 1. The van der Waals surface area contributed by atoms with E-state index in [9.17, 15) is 19.4 Å². The molecule has 2 aromatic rings. The van der Waals surface area contributed by atoms with Crippen LogP contribution in [-0.2, 0) is 0 Å². The highest BCUT2D eigenvalue weighted by molar-refractivity contribution is 6.12. The Kier molecular flexibility index (Phi) is 3.84. The number of ketones is 1. The minimum absolute atomic E-state index is 0.00940. The van der Waals surface area contributed by atoms with Gasteiger partial charge in [0.05, 0.1) is 5.56 Å². The molecule has 102 valence electrons. The lowest BCUT2D eigenvalue weighted by Gasteiger charge is -2.05. The van der Waals surface area contributed by atoms with Crippen LogP contribution >= 0.6 is 0 Å². The summed E-state index contributed by atoms with van der Waals surface area (Å²) in [6, 6.07) is 9.57. The van der Waals surface area contributed by atoms with Gasteiger partial charge < -0.3 is 10.2 Å². The third kappa shape index (κ3) is 3.03. The van der Waals surface area contributed by atoms with E-state index in [4.69, 9.17) is 0 Å². The number of halogens is 1. The van der Waals surface area contributed by atoms with Crippen LogP contribution in [0.25, 0.3) is 6.08 Å². The molecule has 2 N–H and O–H groups in total. The molecule has 0 amide bonds. The van der Waals surface area contributed by atoms with E-state index in [0.717, 1.165) is 0 Å². The van der Waals surface area contributed by atoms with Crippen molar-refractivity contribution in [2.75, 3.05) is 0 Å². The van der Waals surface area contributed by atoms with Crippen LogP contribution in [0.1, 0.15) is 22.8 Å². The zero-order chi connectivity index (χ0) is 14.7. The van der Waals surface area contributed by atoms with E-state index in [1.54, 1.807) is 19.1 Å². The fourth-order valence-electron chi connectivity index (χ4n) is 1.83. The van der Waals surface area contributed by atoms with Crippen molar-refractivity contribution in [2.24, 2.45) is 0 Å². The molecule has 2 aromatic carbocycles. The second-order valence-electron chi connectivity index (χ2n) is 4.41. The Hall–Kier alpha value is -2.62. The number of hydrogen-bond donors (Lipinski definition) is 2. The van der Waals surface area contributed by atoms with Crippen molar-refractivity contribution >= 4 is 11.9 Å². The molecule has 0 aliphatic heterocycles. The summed E-state index contributed by atoms with van der Waals surface area (Å²) in [5.41, 5.74) is 0.891. The normalized spacial score (nSPS) is 11.4. The van der Waals surface area contributed by atoms with Crippen LogP contribution in [-0.4, -0.2) is 16.0 Å². The van der Waals surface area contributed by atoms with Gasteiger partial charge in [-0.25, -0.2) is 4.39 Å². The predicted molar refractivity (Wildman–Crippen MR) is 74.2 cm³/mol. The summed E-state index contributed by atoms with van der Waals surface area (Å²) < 4.78 is 13.1. The van der Waals surface area contributed by atoms with Crippen molar-refractivity contribution in [1.82, 2.24) is 0 Å². The molecule has 0 unspecified atom stereocenters. The number of hydrogen-bond acceptors (Lipinski definition) is 3. The molecule has 0 atom stereocenters. The van der Waals surface area contributed by atoms with Gasteiger partial charge in [0, 0.05) is 0 Å². The van der Waals surface area contributed by atoms with Crippen molar-refractivity contribution in [3.8, 4) is 11.5 Å². The summed E-state index contributed by atoms with van der Waals surface area (Å²) >= 11 is 0. The van der Waals surface area contributed by atoms with Crippen LogP contribution in [0.2, 0.25) is 0 Å². The molecule has 0 radical (unpaired) electrons. The Balaban J connectivity index is 2.35. The Morgan fingerprint density at radius 2 is 1.90 bits per heavy atom. The lowest BCUT2D eigenvalue weighted by Crippen LogP contribution is -2.01. The first-order chi connectivity index (χ1) is 9.47. The highest BCUT2D eigenvalue weighted by atomic mass is 19.1. The number of benzene rings is 2. The third-order valence-electron chi connectivity index (χ3n) is 2.81. The van der Waals surface area contributed by atoms with Crippen LogP contribution < -0.4 is 0 Å². The molecule has 0 aliphatic carbocycles. The maximum atomic E-state index is 13.1. The van der Waals surface area contributed by atoms with Gasteiger partial charge in [0.1, 0.15) is 17.3 Å². The molecule has 0 fully saturated rings. The number of Topliss-reactive ketones (excluding diaryl/α,β-unsaturated/α-hetero) is 1. The quantitative estimate of drug-likeness (QED) is 0.510. The van der Waals surface area contributed by atoms with E-state index in [1.165, 1.54) is 36.4 Å². The highest BCUT2D eigenvalue weighted by Crippen LogP contribution is 2.25. The fraction of sp³-hybridized carbons (Fsp3) is 0.0625. The fourth-order valence-corrected chi connectivity index (χ4v) is 1.83. The van der Waals surface area contributed by atoms with Crippen molar-refractivity contribution < 1.29 is 19.4 Å². The number of allylic oxidation sites excluding steroid dienone is 1. The molecule has 0 spiro atoms. The molecule has 0 saturated carbocycles. The Bertz CT molecular complexity index is 690. The predicted octanol–water partition coefficient (Wildman–Crippen LogP) is 3.52. The molecule has 0 aliphatic rings. The second kappa shape index (κ2) is 5.57. The topological polar surface area (TPSA) is 57.5 Å². The van der Waals surface area contributed by atoms with Crippen molar-refractivity contribution in [3.63, 3.8) is 0 Å². The van der Waals surface area contributed by atoms with Crippen molar-refractivity contribution in [2.45, 2.75) is 6.92 Å². The van der Waals surface area contributed by atoms with Gasteiger partial charge in [-0.05, 0) is 54.5 Å². The van der Waals surface area contributed by atoms with Gasteiger partial charge in [-0.15, -0.1) is 0 Å². The maximum absolute atomic E-state index is 13.1. The van der Waals surface area contributed by atoms with E-state index >= 15 is 0 Å². The van der Waals surface area contributed by atoms with Crippen LogP contribution in [0.3, 0.4) is 0 Å². The summed E-state index contributed by atoms with van der Waals surface area (Å²) in [6.45, 7) is 1.57. The summed E-state index contributed by atoms with van der Waals surface area (Å²) in [5.74, 6) is -1.13. The molecule has 0 saturated heterocycles. The van der Waals surface area contributed by atoms with E-state index < -0.39 is 5.78 Å². The minimum atomic E-state index is -0.428. The number of aromatic hydroxyl groups is 2. The molecule has 3 nitrogen and oxygen atoms in total. The van der Waals surface area contributed by atoms with E-state index in [2.05, 4.69) is 0 Å². The molecular weight excluding hydrogens is 259 g/mol. The van der Waals surface area contributed by atoms with Gasteiger partial charge in [0.15, 0.2) is 5.78 Å². The van der Waals surface area contributed by atoms with Crippen LogP contribution in [0.4, 0.5) is 4.39 Å². The first kappa shape index (κ1) is 13.8. The molecule has 4 heteroatoms.